The van der Waals surface area contributed by atoms with E-state index in [1.807, 2.05) is 0 Å². The van der Waals surface area contributed by atoms with E-state index in [1.165, 1.54) is 18.3 Å². The lowest BCUT2D eigenvalue weighted by atomic mass is 10.0. The fourth-order valence-corrected chi connectivity index (χ4v) is 3.71. The Balaban J connectivity index is 1.61. The predicted octanol–water partition coefficient (Wildman–Crippen LogP) is 5.33. The van der Waals surface area contributed by atoms with Gasteiger partial charge >= 0.3 is 5.97 Å². The summed E-state index contributed by atoms with van der Waals surface area (Å²) < 4.78 is 10.7. The average molecular weight is 530 g/mol. The van der Waals surface area contributed by atoms with E-state index in [0.29, 0.717) is 28.7 Å². The number of ether oxygens (including phenoxy) is 1. The second-order valence-corrected chi connectivity index (χ2v) is 8.90. The minimum Gasteiger partial charge on any atom is -0.462 e. The molecular weight excluding hydrogens is 505 g/mol. The molecule has 1 unspecified atom stereocenters. The van der Waals surface area contributed by atoms with Gasteiger partial charge in [0.1, 0.15) is 17.6 Å². The molecule has 10 heteroatoms. The number of amides is 2. The lowest BCUT2D eigenvalue weighted by molar-refractivity contribution is -0.123. The molecule has 3 rings (SSSR count). The lowest BCUT2D eigenvalue weighted by Crippen LogP contribution is -2.48. The van der Waals surface area contributed by atoms with E-state index >= 15 is 0 Å². The predicted molar refractivity (Wildman–Crippen MR) is 138 cm³/mol. The molecule has 0 bridgehead atoms. The molecule has 2 aromatic carbocycles. The van der Waals surface area contributed by atoms with Crippen molar-refractivity contribution in [1.82, 2.24) is 10.7 Å². The number of esters is 1. The first kappa shape index (κ1) is 27.0. The summed E-state index contributed by atoms with van der Waals surface area (Å²) in [7, 11) is 0. The van der Waals surface area contributed by atoms with Crippen LogP contribution in [0.2, 0.25) is 10.0 Å². The highest BCUT2D eigenvalue weighted by Gasteiger charge is 2.25. The molecule has 2 N–H and O–H groups in total. The van der Waals surface area contributed by atoms with Gasteiger partial charge in [0.2, 0.25) is 0 Å². The van der Waals surface area contributed by atoms with Crippen LogP contribution in [0.4, 0.5) is 0 Å². The zero-order valence-electron chi connectivity index (χ0n) is 19.9. The van der Waals surface area contributed by atoms with Gasteiger partial charge in [-0.3, -0.25) is 9.59 Å². The first-order chi connectivity index (χ1) is 17.2. The molecule has 0 saturated heterocycles. The molecule has 0 aliphatic carbocycles. The third-order valence-corrected chi connectivity index (χ3v) is 5.63. The number of benzene rings is 2. The third kappa shape index (κ3) is 6.96. The van der Waals surface area contributed by atoms with Gasteiger partial charge in [0.05, 0.1) is 29.0 Å². The summed E-state index contributed by atoms with van der Waals surface area (Å²) in [5, 5.41) is 7.21. The van der Waals surface area contributed by atoms with Crippen molar-refractivity contribution < 1.29 is 23.5 Å². The minimum absolute atomic E-state index is 0.185. The number of nitrogens with one attached hydrogen (secondary N) is 2. The van der Waals surface area contributed by atoms with Crippen LogP contribution in [0.15, 0.2) is 64.1 Å². The summed E-state index contributed by atoms with van der Waals surface area (Å²) in [5.74, 6) is -0.648. The first-order valence-corrected chi connectivity index (χ1v) is 11.9. The topological polar surface area (TPSA) is 110 Å². The Morgan fingerprint density at radius 3 is 2.42 bits per heavy atom. The molecule has 188 valence electrons. The van der Waals surface area contributed by atoms with Crippen LogP contribution in [-0.2, 0) is 9.53 Å². The fraction of sp³-hybridized carbons (Fsp3) is 0.231. The number of hydrogen-bond acceptors (Lipinski definition) is 6. The van der Waals surface area contributed by atoms with Gasteiger partial charge in [-0.25, -0.2) is 10.2 Å². The van der Waals surface area contributed by atoms with Crippen molar-refractivity contribution in [2.75, 3.05) is 6.61 Å². The SMILES string of the molecule is CCOC(=O)c1ccc(-c2ccc(C=NNC(=O)C(NC(=O)c3ccc(Cl)cc3Cl)C(C)C)o2)cc1. The summed E-state index contributed by atoms with van der Waals surface area (Å²) in [6.45, 7) is 5.64. The number of carbonyl (C=O) groups excluding carboxylic acids is 3. The molecule has 0 aliphatic rings. The molecule has 0 fully saturated rings. The van der Waals surface area contributed by atoms with Crippen molar-refractivity contribution in [1.29, 1.82) is 0 Å². The van der Waals surface area contributed by atoms with Gasteiger partial charge < -0.3 is 14.5 Å². The van der Waals surface area contributed by atoms with E-state index in [0.717, 1.165) is 5.56 Å². The Morgan fingerprint density at radius 1 is 1.06 bits per heavy atom. The van der Waals surface area contributed by atoms with Crippen LogP contribution >= 0.6 is 23.2 Å². The zero-order valence-corrected chi connectivity index (χ0v) is 21.4. The zero-order chi connectivity index (χ0) is 26.2. The van der Waals surface area contributed by atoms with Crippen molar-refractivity contribution in [3.8, 4) is 11.3 Å². The van der Waals surface area contributed by atoms with Gasteiger partial charge in [-0.1, -0.05) is 49.2 Å². The smallest absolute Gasteiger partial charge is 0.338 e. The van der Waals surface area contributed by atoms with Crippen LogP contribution in [0.5, 0.6) is 0 Å². The van der Waals surface area contributed by atoms with Gasteiger partial charge in [-0.05, 0) is 55.3 Å². The number of carbonyl (C=O) groups is 3. The fourth-order valence-electron chi connectivity index (χ4n) is 3.22. The second kappa shape index (κ2) is 12.4. The van der Waals surface area contributed by atoms with E-state index in [2.05, 4.69) is 15.8 Å². The number of hydrazone groups is 1. The molecule has 1 aromatic heterocycles. The highest BCUT2D eigenvalue weighted by Crippen LogP contribution is 2.23. The van der Waals surface area contributed by atoms with Crippen LogP contribution in [-0.4, -0.2) is 36.6 Å². The van der Waals surface area contributed by atoms with Crippen LogP contribution in [0.3, 0.4) is 0 Å². The highest BCUT2D eigenvalue weighted by molar-refractivity contribution is 6.36. The molecule has 3 aromatic rings. The molecule has 0 saturated carbocycles. The summed E-state index contributed by atoms with van der Waals surface area (Å²) in [6.07, 6.45) is 1.35. The summed E-state index contributed by atoms with van der Waals surface area (Å²) in [4.78, 5) is 37.1. The van der Waals surface area contributed by atoms with Gasteiger partial charge in [0, 0.05) is 10.6 Å². The highest BCUT2D eigenvalue weighted by atomic mass is 35.5. The van der Waals surface area contributed by atoms with E-state index < -0.39 is 17.9 Å². The van der Waals surface area contributed by atoms with Crippen molar-refractivity contribution in [2.45, 2.75) is 26.8 Å². The maximum atomic E-state index is 12.7. The molecule has 1 heterocycles. The number of furan rings is 1. The van der Waals surface area contributed by atoms with Crippen molar-refractivity contribution in [2.24, 2.45) is 11.0 Å². The Morgan fingerprint density at radius 2 is 1.78 bits per heavy atom. The van der Waals surface area contributed by atoms with Crippen LogP contribution in [0.25, 0.3) is 11.3 Å². The van der Waals surface area contributed by atoms with E-state index in [1.54, 1.807) is 63.2 Å². The molecule has 1 atom stereocenters. The van der Waals surface area contributed by atoms with Crippen LogP contribution in [0.1, 0.15) is 47.2 Å². The minimum atomic E-state index is -0.855. The number of nitrogens with zero attached hydrogens (tertiary/aromatic N) is 1. The quantitative estimate of drug-likeness (QED) is 0.221. The normalized spacial score (nSPS) is 11.9. The third-order valence-electron chi connectivity index (χ3n) is 5.09. The maximum absolute atomic E-state index is 12.7. The van der Waals surface area contributed by atoms with E-state index in [4.69, 9.17) is 32.4 Å². The molecular formula is C26H25Cl2N3O5. The molecule has 0 radical (unpaired) electrons. The van der Waals surface area contributed by atoms with Gasteiger partial charge in [-0.15, -0.1) is 0 Å². The second-order valence-electron chi connectivity index (χ2n) is 8.05. The van der Waals surface area contributed by atoms with E-state index in [-0.39, 0.29) is 22.5 Å². The maximum Gasteiger partial charge on any atom is 0.338 e. The summed E-state index contributed by atoms with van der Waals surface area (Å²) in [6, 6.07) is 13.9. The van der Waals surface area contributed by atoms with Crippen molar-refractivity contribution in [3.63, 3.8) is 0 Å². The number of halogens is 2. The van der Waals surface area contributed by atoms with Gasteiger partial charge in [-0.2, -0.15) is 5.10 Å². The monoisotopic (exact) mass is 529 g/mol. The Bertz CT molecular complexity index is 1270. The van der Waals surface area contributed by atoms with Gasteiger partial charge in [0.15, 0.2) is 0 Å². The van der Waals surface area contributed by atoms with E-state index in [9.17, 15) is 14.4 Å². The summed E-state index contributed by atoms with van der Waals surface area (Å²) in [5.41, 5.74) is 3.84. The average Bonchev–Trinajstić information content (AvgIpc) is 3.31. The Kier molecular flexibility index (Phi) is 9.27. The standard InChI is InChI=1S/C26H25Cl2N3O5/c1-4-35-26(34)17-7-5-16(6-8-17)22-12-10-19(36-22)14-29-31-25(33)23(15(2)3)30-24(32)20-11-9-18(27)13-21(20)28/h5-15,23H,4H2,1-3H3,(H,30,32)(H,31,33). The molecule has 0 aliphatic heterocycles. The largest absolute Gasteiger partial charge is 0.462 e. The molecule has 8 nitrogen and oxygen atoms in total. The number of rotatable bonds is 9. The van der Waals surface area contributed by atoms with Crippen LogP contribution in [0, 0.1) is 5.92 Å². The molecule has 0 spiro atoms. The van der Waals surface area contributed by atoms with Crippen molar-refractivity contribution >= 4 is 47.2 Å². The molecule has 36 heavy (non-hydrogen) atoms. The Hall–Kier alpha value is -3.62. The van der Waals surface area contributed by atoms with Crippen LogP contribution < -0.4 is 10.7 Å². The molecule has 2 amide bonds. The Labute approximate surface area is 218 Å². The van der Waals surface area contributed by atoms with Crippen molar-refractivity contribution in [3.05, 3.63) is 81.5 Å². The lowest BCUT2D eigenvalue weighted by Gasteiger charge is -2.20. The summed E-state index contributed by atoms with van der Waals surface area (Å²) >= 11 is 12.0. The first-order valence-electron chi connectivity index (χ1n) is 11.2. The number of hydrogen-bond donors (Lipinski definition) is 2. The van der Waals surface area contributed by atoms with Gasteiger partial charge in [0.25, 0.3) is 11.8 Å².